The Labute approximate surface area is 127 Å². The van der Waals surface area contributed by atoms with Gasteiger partial charge in [0.15, 0.2) is 0 Å². The molecule has 22 heavy (non-hydrogen) atoms. The Morgan fingerprint density at radius 3 is 2.45 bits per heavy atom. The van der Waals surface area contributed by atoms with E-state index < -0.39 is 15.0 Å². The lowest BCUT2D eigenvalue weighted by Gasteiger charge is -2.07. The van der Waals surface area contributed by atoms with Gasteiger partial charge in [0.1, 0.15) is 10.6 Å². The number of rotatable bonds is 5. The summed E-state index contributed by atoms with van der Waals surface area (Å²) in [7, 11) is -3.94. The van der Waals surface area contributed by atoms with Crippen LogP contribution in [0.4, 0.5) is 0 Å². The van der Waals surface area contributed by atoms with Crippen LogP contribution in [-0.2, 0) is 10.1 Å². The highest BCUT2D eigenvalue weighted by molar-refractivity contribution is 7.87. The molecular formula is C15H13NO5S. The quantitative estimate of drug-likeness (QED) is 0.480. The van der Waals surface area contributed by atoms with Gasteiger partial charge in [0.05, 0.1) is 4.92 Å². The van der Waals surface area contributed by atoms with Crippen LogP contribution < -0.4 is 4.18 Å². The van der Waals surface area contributed by atoms with E-state index in [-0.39, 0.29) is 10.6 Å². The SMILES string of the molecule is Cc1ccc(S(=O)(=O)Oc2cccc(C=C[N+](=O)[O-])c2)cc1. The fourth-order valence-electron chi connectivity index (χ4n) is 1.70. The molecule has 0 saturated carbocycles. The van der Waals surface area contributed by atoms with Gasteiger partial charge in [-0.3, -0.25) is 10.1 Å². The van der Waals surface area contributed by atoms with E-state index >= 15 is 0 Å². The smallest absolute Gasteiger partial charge is 0.339 e. The molecule has 0 N–H and O–H groups in total. The molecule has 0 radical (unpaired) electrons. The molecule has 0 amide bonds. The minimum atomic E-state index is -3.94. The monoisotopic (exact) mass is 319 g/mol. The van der Waals surface area contributed by atoms with Crippen molar-refractivity contribution in [2.45, 2.75) is 11.8 Å². The van der Waals surface area contributed by atoms with Gasteiger partial charge in [-0.15, -0.1) is 0 Å². The third-order valence-electron chi connectivity index (χ3n) is 2.76. The zero-order valence-electron chi connectivity index (χ0n) is 11.7. The topological polar surface area (TPSA) is 86.5 Å². The largest absolute Gasteiger partial charge is 0.379 e. The fraction of sp³-hybridized carbons (Fsp3) is 0.0667. The summed E-state index contributed by atoms with van der Waals surface area (Å²) >= 11 is 0. The molecule has 0 saturated heterocycles. The Kier molecular flexibility index (Phi) is 4.57. The summed E-state index contributed by atoms with van der Waals surface area (Å²) in [5.74, 6) is 0.0890. The summed E-state index contributed by atoms with van der Waals surface area (Å²) in [4.78, 5) is 9.74. The number of aryl methyl sites for hydroxylation is 1. The number of hydrogen-bond acceptors (Lipinski definition) is 5. The van der Waals surface area contributed by atoms with Crippen molar-refractivity contribution in [2.75, 3.05) is 0 Å². The van der Waals surface area contributed by atoms with Gasteiger partial charge in [-0.25, -0.2) is 0 Å². The number of nitro groups is 1. The van der Waals surface area contributed by atoms with Gasteiger partial charge in [-0.05, 0) is 36.8 Å². The molecule has 114 valence electrons. The second-order valence-electron chi connectivity index (χ2n) is 4.52. The maximum absolute atomic E-state index is 12.1. The van der Waals surface area contributed by atoms with Crippen LogP contribution in [0.3, 0.4) is 0 Å². The van der Waals surface area contributed by atoms with Crippen LogP contribution in [0.15, 0.2) is 59.6 Å². The Morgan fingerprint density at radius 2 is 1.82 bits per heavy atom. The first-order chi connectivity index (χ1) is 10.4. The van der Waals surface area contributed by atoms with Crippen LogP contribution in [0.1, 0.15) is 11.1 Å². The second-order valence-corrected chi connectivity index (χ2v) is 6.07. The molecule has 0 heterocycles. The molecule has 2 aromatic carbocycles. The summed E-state index contributed by atoms with van der Waals surface area (Å²) in [5.41, 5.74) is 1.40. The number of benzene rings is 2. The Morgan fingerprint density at radius 1 is 1.14 bits per heavy atom. The second kappa shape index (κ2) is 6.40. The molecule has 2 aromatic rings. The Bertz CT molecular complexity index is 810. The normalized spacial score (nSPS) is 11.5. The van der Waals surface area contributed by atoms with Gasteiger partial charge in [0, 0.05) is 6.08 Å². The van der Waals surface area contributed by atoms with Crippen LogP contribution in [0, 0.1) is 17.0 Å². The fourth-order valence-corrected chi connectivity index (χ4v) is 2.62. The first-order valence-electron chi connectivity index (χ1n) is 6.30. The van der Waals surface area contributed by atoms with Crippen molar-refractivity contribution < 1.29 is 17.5 Å². The highest BCUT2D eigenvalue weighted by Crippen LogP contribution is 2.20. The molecule has 6 nitrogen and oxygen atoms in total. The van der Waals surface area contributed by atoms with Gasteiger partial charge >= 0.3 is 10.1 Å². The zero-order valence-corrected chi connectivity index (χ0v) is 12.5. The molecule has 0 spiro atoms. The third-order valence-corrected chi connectivity index (χ3v) is 4.02. The van der Waals surface area contributed by atoms with Gasteiger partial charge < -0.3 is 4.18 Å². The maximum Gasteiger partial charge on any atom is 0.339 e. The molecule has 0 aliphatic heterocycles. The molecule has 0 fully saturated rings. The lowest BCUT2D eigenvalue weighted by atomic mass is 10.2. The highest BCUT2D eigenvalue weighted by Gasteiger charge is 2.16. The van der Waals surface area contributed by atoms with Gasteiger partial charge in [-0.2, -0.15) is 8.42 Å². The van der Waals surface area contributed by atoms with Gasteiger partial charge in [-0.1, -0.05) is 29.8 Å². The van der Waals surface area contributed by atoms with Crippen molar-refractivity contribution in [1.82, 2.24) is 0 Å². The van der Waals surface area contributed by atoms with Gasteiger partial charge in [0.25, 0.3) is 0 Å². The molecule has 0 atom stereocenters. The molecule has 7 heteroatoms. The van der Waals surface area contributed by atoms with E-state index in [1.807, 2.05) is 6.92 Å². The van der Waals surface area contributed by atoms with Crippen LogP contribution in [0.25, 0.3) is 6.08 Å². The molecular weight excluding hydrogens is 306 g/mol. The van der Waals surface area contributed by atoms with Crippen LogP contribution in [0.5, 0.6) is 5.75 Å². The van der Waals surface area contributed by atoms with Crippen molar-refractivity contribution in [3.8, 4) is 5.75 Å². The minimum absolute atomic E-state index is 0.0457. The lowest BCUT2D eigenvalue weighted by Crippen LogP contribution is -2.09. The number of nitrogens with zero attached hydrogens (tertiary/aromatic N) is 1. The summed E-state index contributed by atoms with van der Waals surface area (Å²) in [6.45, 7) is 1.85. The molecule has 0 bridgehead atoms. The maximum atomic E-state index is 12.1. The molecule has 0 unspecified atom stereocenters. The average Bonchev–Trinajstić information content (AvgIpc) is 2.45. The lowest BCUT2D eigenvalue weighted by molar-refractivity contribution is -0.400. The van der Waals surface area contributed by atoms with Crippen LogP contribution in [0.2, 0.25) is 0 Å². The standard InChI is InChI=1S/C15H13NO5S/c1-12-5-7-15(8-6-12)22(19,20)21-14-4-2-3-13(11-14)9-10-16(17)18/h2-11H,1H3. The molecule has 2 rings (SSSR count). The summed E-state index contributed by atoms with van der Waals surface area (Å²) in [6.07, 6.45) is 2.03. The summed E-state index contributed by atoms with van der Waals surface area (Å²) in [6, 6.07) is 12.3. The van der Waals surface area contributed by atoms with Crippen LogP contribution in [-0.4, -0.2) is 13.3 Å². The van der Waals surface area contributed by atoms with Gasteiger partial charge in [0.2, 0.25) is 6.20 Å². The molecule has 0 aliphatic rings. The first-order valence-corrected chi connectivity index (χ1v) is 7.70. The van der Waals surface area contributed by atoms with E-state index in [9.17, 15) is 18.5 Å². The first kappa shape index (κ1) is 15.7. The predicted octanol–water partition coefficient (Wildman–Crippen LogP) is 3.01. The van der Waals surface area contributed by atoms with E-state index in [0.29, 0.717) is 5.56 Å². The van der Waals surface area contributed by atoms with E-state index in [1.165, 1.54) is 30.3 Å². The Balaban J connectivity index is 2.24. The molecule has 0 aliphatic carbocycles. The van der Waals surface area contributed by atoms with E-state index in [2.05, 4.69) is 0 Å². The van der Waals surface area contributed by atoms with E-state index in [4.69, 9.17) is 4.18 Å². The van der Waals surface area contributed by atoms with Crippen molar-refractivity contribution in [1.29, 1.82) is 0 Å². The van der Waals surface area contributed by atoms with Crippen molar-refractivity contribution in [2.24, 2.45) is 0 Å². The zero-order chi connectivity index (χ0) is 16.2. The van der Waals surface area contributed by atoms with Crippen molar-refractivity contribution in [3.05, 3.63) is 76.0 Å². The summed E-state index contributed by atoms with van der Waals surface area (Å²) in [5, 5.41) is 10.3. The van der Waals surface area contributed by atoms with E-state index in [0.717, 1.165) is 11.8 Å². The number of hydrogen-bond donors (Lipinski definition) is 0. The predicted molar refractivity (Wildman–Crippen MR) is 81.5 cm³/mol. The molecule has 0 aromatic heterocycles. The minimum Gasteiger partial charge on any atom is -0.379 e. The van der Waals surface area contributed by atoms with Crippen LogP contribution >= 0.6 is 0 Å². The summed E-state index contributed by atoms with van der Waals surface area (Å²) < 4.78 is 29.3. The van der Waals surface area contributed by atoms with Crippen molar-refractivity contribution in [3.63, 3.8) is 0 Å². The van der Waals surface area contributed by atoms with Crippen molar-refractivity contribution >= 4 is 16.2 Å². The third kappa shape index (κ3) is 4.16. The average molecular weight is 319 g/mol. The van der Waals surface area contributed by atoms with E-state index in [1.54, 1.807) is 24.3 Å². The Hall–Kier alpha value is -2.67. The highest BCUT2D eigenvalue weighted by atomic mass is 32.2.